The molecule has 118 valence electrons. The molecular formula is C15H22Cl2N2O2. The average Bonchev–Trinajstić information content (AvgIpc) is 2.79. The molecule has 3 N–H and O–H groups in total. The van der Waals surface area contributed by atoms with E-state index in [1.54, 1.807) is 18.2 Å². The molecule has 0 radical (unpaired) electrons. The highest BCUT2D eigenvalue weighted by Crippen LogP contribution is 2.30. The fourth-order valence-corrected chi connectivity index (χ4v) is 2.65. The Hall–Kier alpha value is -0.970. The van der Waals surface area contributed by atoms with Crippen molar-refractivity contribution in [2.24, 2.45) is 11.7 Å². The van der Waals surface area contributed by atoms with Crippen LogP contribution < -0.4 is 15.8 Å². The number of hydrogen-bond acceptors (Lipinski definition) is 3. The van der Waals surface area contributed by atoms with Crippen molar-refractivity contribution in [2.75, 3.05) is 5.32 Å². The van der Waals surface area contributed by atoms with Gasteiger partial charge in [0.25, 0.3) is 0 Å². The molecule has 6 heteroatoms. The highest BCUT2D eigenvalue weighted by molar-refractivity contribution is 6.32. The third kappa shape index (κ3) is 5.06. The van der Waals surface area contributed by atoms with Crippen molar-refractivity contribution in [3.8, 4) is 5.75 Å². The molecule has 0 bridgehead atoms. The predicted molar refractivity (Wildman–Crippen MR) is 88.4 cm³/mol. The first-order valence-electron chi connectivity index (χ1n) is 6.98. The van der Waals surface area contributed by atoms with E-state index in [-0.39, 0.29) is 36.4 Å². The van der Waals surface area contributed by atoms with Crippen molar-refractivity contribution in [1.29, 1.82) is 0 Å². The molecule has 0 aliphatic heterocycles. The molecule has 1 fully saturated rings. The van der Waals surface area contributed by atoms with Gasteiger partial charge in [-0.25, -0.2) is 0 Å². The Bertz CT molecular complexity index is 495. The summed E-state index contributed by atoms with van der Waals surface area (Å²) in [6.45, 7) is 3.88. The summed E-state index contributed by atoms with van der Waals surface area (Å²) in [7, 11) is 0. The number of hydrogen-bond donors (Lipinski definition) is 2. The lowest BCUT2D eigenvalue weighted by Crippen LogP contribution is -2.23. The number of nitrogens with one attached hydrogen (secondary N) is 1. The summed E-state index contributed by atoms with van der Waals surface area (Å²) in [5.41, 5.74) is 6.52. The molecular weight excluding hydrogens is 311 g/mol. The molecule has 0 spiro atoms. The lowest BCUT2D eigenvalue weighted by Gasteiger charge is -2.14. The minimum absolute atomic E-state index is 0. The quantitative estimate of drug-likeness (QED) is 0.885. The van der Waals surface area contributed by atoms with E-state index in [9.17, 15) is 4.79 Å². The molecule has 2 unspecified atom stereocenters. The Morgan fingerprint density at radius 3 is 2.67 bits per heavy atom. The van der Waals surface area contributed by atoms with Crippen LogP contribution in [0.4, 0.5) is 5.69 Å². The van der Waals surface area contributed by atoms with Gasteiger partial charge in [0, 0.05) is 17.6 Å². The molecule has 1 aliphatic carbocycles. The van der Waals surface area contributed by atoms with E-state index in [4.69, 9.17) is 22.1 Å². The van der Waals surface area contributed by atoms with Gasteiger partial charge in [-0.15, -0.1) is 12.4 Å². The summed E-state index contributed by atoms with van der Waals surface area (Å²) in [6.07, 6.45) is 2.59. The van der Waals surface area contributed by atoms with Crippen molar-refractivity contribution >= 4 is 35.6 Å². The maximum atomic E-state index is 12.1. The Kier molecular flexibility index (Phi) is 6.78. The van der Waals surface area contributed by atoms with Gasteiger partial charge >= 0.3 is 0 Å². The average molecular weight is 333 g/mol. The van der Waals surface area contributed by atoms with E-state index in [0.717, 1.165) is 19.3 Å². The normalized spacial score (nSPS) is 21.0. The molecule has 4 nitrogen and oxygen atoms in total. The molecule has 21 heavy (non-hydrogen) atoms. The molecule has 2 atom stereocenters. The van der Waals surface area contributed by atoms with Gasteiger partial charge in [0.2, 0.25) is 5.91 Å². The van der Waals surface area contributed by atoms with Gasteiger partial charge < -0.3 is 15.8 Å². The minimum atomic E-state index is 0. The van der Waals surface area contributed by atoms with Crippen LogP contribution in [0.15, 0.2) is 18.2 Å². The number of benzene rings is 1. The van der Waals surface area contributed by atoms with Crippen LogP contribution in [0, 0.1) is 5.92 Å². The summed E-state index contributed by atoms with van der Waals surface area (Å²) >= 11 is 6.14. The van der Waals surface area contributed by atoms with Gasteiger partial charge in [-0.2, -0.15) is 0 Å². The number of rotatable bonds is 4. The van der Waals surface area contributed by atoms with Gasteiger partial charge in [-0.3, -0.25) is 4.79 Å². The Morgan fingerprint density at radius 1 is 1.43 bits per heavy atom. The zero-order valence-electron chi connectivity index (χ0n) is 12.3. The molecule has 1 aromatic rings. The van der Waals surface area contributed by atoms with Crippen molar-refractivity contribution in [1.82, 2.24) is 0 Å². The van der Waals surface area contributed by atoms with Crippen molar-refractivity contribution in [3.63, 3.8) is 0 Å². The minimum Gasteiger partial charge on any atom is -0.489 e. The Morgan fingerprint density at radius 2 is 2.14 bits per heavy atom. The third-order valence-corrected chi connectivity index (χ3v) is 3.70. The van der Waals surface area contributed by atoms with Crippen LogP contribution in [0.5, 0.6) is 5.75 Å². The molecule has 1 aromatic carbocycles. The van der Waals surface area contributed by atoms with Gasteiger partial charge in [0.05, 0.1) is 11.1 Å². The van der Waals surface area contributed by atoms with Gasteiger partial charge in [-0.1, -0.05) is 11.6 Å². The Balaban J connectivity index is 0.00000220. The summed E-state index contributed by atoms with van der Waals surface area (Å²) in [5, 5.41) is 3.39. The first-order valence-corrected chi connectivity index (χ1v) is 7.36. The van der Waals surface area contributed by atoms with Crippen molar-refractivity contribution in [2.45, 2.75) is 45.3 Å². The maximum absolute atomic E-state index is 12.1. The molecule has 1 saturated carbocycles. The topological polar surface area (TPSA) is 64.3 Å². The largest absolute Gasteiger partial charge is 0.489 e. The van der Waals surface area contributed by atoms with Crippen LogP contribution in [0.1, 0.15) is 33.1 Å². The monoisotopic (exact) mass is 332 g/mol. The number of nitrogens with two attached hydrogens (primary N) is 1. The van der Waals surface area contributed by atoms with Gasteiger partial charge in [0.1, 0.15) is 5.75 Å². The molecule has 1 aliphatic rings. The molecule has 2 rings (SSSR count). The number of carbonyl (C=O) groups is 1. The van der Waals surface area contributed by atoms with Crippen LogP contribution in [-0.2, 0) is 4.79 Å². The SMILES string of the molecule is CC(C)Oc1ccc(NC(=O)C2CCC(N)C2)cc1Cl.Cl. The van der Waals surface area contributed by atoms with Gasteiger partial charge in [-0.05, 0) is 51.3 Å². The molecule has 0 heterocycles. The first-order chi connectivity index (χ1) is 9.45. The fourth-order valence-electron chi connectivity index (χ4n) is 2.43. The summed E-state index contributed by atoms with van der Waals surface area (Å²) in [6, 6.07) is 5.44. The highest BCUT2D eigenvalue weighted by atomic mass is 35.5. The summed E-state index contributed by atoms with van der Waals surface area (Å²) in [5.74, 6) is 0.657. The predicted octanol–water partition coefficient (Wildman–Crippen LogP) is 3.61. The number of carbonyl (C=O) groups excluding carboxylic acids is 1. The van der Waals surface area contributed by atoms with E-state index in [1.807, 2.05) is 13.8 Å². The molecule has 0 saturated heterocycles. The number of ether oxygens (including phenoxy) is 1. The van der Waals surface area contributed by atoms with Crippen LogP contribution in [0.3, 0.4) is 0 Å². The zero-order valence-corrected chi connectivity index (χ0v) is 13.8. The lowest BCUT2D eigenvalue weighted by molar-refractivity contribution is -0.119. The smallest absolute Gasteiger partial charge is 0.227 e. The van der Waals surface area contributed by atoms with Crippen LogP contribution in [0.25, 0.3) is 0 Å². The number of anilines is 1. The Labute approximate surface area is 136 Å². The first kappa shape index (κ1) is 18.1. The van der Waals surface area contributed by atoms with E-state index in [2.05, 4.69) is 5.32 Å². The van der Waals surface area contributed by atoms with E-state index < -0.39 is 0 Å². The van der Waals surface area contributed by atoms with Crippen LogP contribution in [-0.4, -0.2) is 18.1 Å². The third-order valence-electron chi connectivity index (χ3n) is 3.41. The zero-order chi connectivity index (χ0) is 14.7. The molecule has 0 aromatic heterocycles. The second kappa shape index (κ2) is 7.87. The number of halogens is 2. The van der Waals surface area contributed by atoms with E-state index >= 15 is 0 Å². The van der Waals surface area contributed by atoms with Crippen molar-refractivity contribution < 1.29 is 9.53 Å². The van der Waals surface area contributed by atoms with E-state index in [0.29, 0.717) is 16.5 Å². The van der Waals surface area contributed by atoms with Crippen molar-refractivity contribution in [3.05, 3.63) is 23.2 Å². The fraction of sp³-hybridized carbons (Fsp3) is 0.533. The second-order valence-corrected chi connectivity index (χ2v) is 5.98. The maximum Gasteiger partial charge on any atom is 0.227 e. The van der Waals surface area contributed by atoms with Crippen LogP contribution in [0.2, 0.25) is 5.02 Å². The number of amides is 1. The standard InChI is InChI=1S/C15H21ClN2O2.ClH/c1-9(2)20-14-6-5-12(8-13(14)16)18-15(19)10-3-4-11(17)7-10;/h5-6,8-11H,3-4,7,17H2,1-2H3,(H,18,19);1H. The molecule has 1 amide bonds. The summed E-state index contributed by atoms with van der Waals surface area (Å²) < 4.78 is 5.56. The van der Waals surface area contributed by atoms with E-state index in [1.165, 1.54) is 0 Å². The van der Waals surface area contributed by atoms with Gasteiger partial charge in [0.15, 0.2) is 0 Å². The lowest BCUT2D eigenvalue weighted by atomic mass is 10.1. The summed E-state index contributed by atoms with van der Waals surface area (Å²) in [4.78, 5) is 12.1. The highest BCUT2D eigenvalue weighted by Gasteiger charge is 2.27. The van der Waals surface area contributed by atoms with Crippen LogP contribution >= 0.6 is 24.0 Å². The second-order valence-electron chi connectivity index (χ2n) is 5.57.